The van der Waals surface area contributed by atoms with Gasteiger partial charge in [0.1, 0.15) is 5.75 Å². The molecule has 0 radical (unpaired) electrons. The third-order valence-electron chi connectivity index (χ3n) is 2.57. The van der Waals surface area contributed by atoms with Gasteiger partial charge in [0.2, 0.25) is 0 Å². The lowest BCUT2D eigenvalue weighted by atomic mass is 10.2. The van der Waals surface area contributed by atoms with Gasteiger partial charge in [0.15, 0.2) is 0 Å². The van der Waals surface area contributed by atoms with Crippen molar-refractivity contribution in [1.29, 1.82) is 0 Å². The highest BCUT2D eigenvalue weighted by molar-refractivity contribution is 6.33. The van der Waals surface area contributed by atoms with Crippen LogP contribution in [-0.4, -0.2) is 21.2 Å². The van der Waals surface area contributed by atoms with E-state index in [1.807, 2.05) is 6.92 Å². The Labute approximate surface area is 109 Å². The van der Waals surface area contributed by atoms with E-state index in [2.05, 4.69) is 15.5 Å². The van der Waals surface area contributed by atoms with Gasteiger partial charge in [-0.2, -0.15) is 5.10 Å². The van der Waals surface area contributed by atoms with Crippen LogP contribution in [0.2, 0.25) is 5.02 Å². The molecule has 0 saturated heterocycles. The smallest absolute Gasteiger partial charge is 0.253 e. The van der Waals surface area contributed by atoms with Gasteiger partial charge in [0, 0.05) is 17.8 Å². The highest BCUT2D eigenvalue weighted by Crippen LogP contribution is 2.21. The lowest BCUT2D eigenvalue weighted by Crippen LogP contribution is -2.23. The molecule has 1 aromatic heterocycles. The molecule has 0 spiro atoms. The van der Waals surface area contributed by atoms with E-state index in [4.69, 9.17) is 11.6 Å². The summed E-state index contributed by atoms with van der Waals surface area (Å²) in [5, 5.41) is 19.0. The van der Waals surface area contributed by atoms with Crippen LogP contribution in [0.5, 0.6) is 5.75 Å². The summed E-state index contributed by atoms with van der Waals surface area (Å²) in [6.45, 7) is 2.23. The molecule has 0 aliphatic heterocycles. The molecule has 6 heteroatoms. The maximum Gasteiger partial charge on any atom is 0.253 e. The van der Waals surface area contributed by atoms with Crippen LogP contribution in [0, 0.1) is 6.92 Å². The van der Waals surface area contributed by atoms with Gasteiger partial charge in [0.05, 0.1) is 16.8 Å². The van der Waals surface area contributed by atoms with Crippen LogP contribution in [0.3, 0.4) is 0 Å². The van der Waals surface area contributed by atoms with E-state index in [9.17, 15) is 9.90 Å². The first-order chi connectivity index (χ1) is 8.58. The molecular weight excluding hydrogens is 254 g/mol. The molecule has 3 N–H and O–H groups in total. The Hall–Kier alpha value is -2.01. The Balaban J connectivity index is 2.08. The van der Waals surface area contributed by atoms with Gasteiger partial charge in [-0.25, -0.2) is 0 Å². The molecule has 0 aliphatic carbocycles. The summed E-state index contributed by atoms with van der Waals surface area (Å²) in [7, 11) is 0. The quantitative estimate of drug-likeness (QED) is 0.794. The van der Waals surface area contributed by atoms with E-state index in [0.29, 0.717) is 11.6 Å². The zero-order chi connectivity index (χ0) is 13.1. The number of amides is 1. The SMILES string of the molecule is Cc1[nH]ncc1CNC(=O)c1cc(O)ccc1Cl. The summed E-state index contributed by atoms with van der Waals surface area (Å²) in [5.74, 6) is -0.333. The Bertz CT molecular complexity index is 580. The third kappa shape index (κ3) is 2.62. The van der Waals surface area contributed by atoms with E-state index in [-0.39, 0.29) is 17.2 Å². The molecule has 5 nitrogen and oxygen atoms in total. The first-order valence-electron chi connectivity index (χ1n) is 5.33. The molecule has 0 bridgehead atoms. The van der Waals surface area contributed by atoms with Crippen LogP contribution in [-0.2, 0) is 6.54 Å². The van der Waals surface area contributed by atoms with Crippen LogP contribution < -0.4 is 5.32 Å². The summed E-state index contributed by atoms with van der Waals surface area (Å²) < 4.78 is 0. The number of benzene rings is 1. The maximum atomic E-state index is 11.9. The second-order valence-electron chi connectivity index (χ2n) is 3.87. The number of halogens is 1. The molecule has 0 atom stereocenters. The zero-order valence-corrected chi connectivity index (χ0v) is 10.5. The van der Waals surface area contributed by atoms with Gasteiger partial charge in [-0.15, -0.1) is 0 Å². The molecule has 1 heterocycles. The van der Waals surface area contributed by atoms with Crippen molar-refractivity contribution in [2.75, 3.05) is 0 Å². The van der Waals surface area contributed by atoms with Crippen molar-refractivity contribution in [3.63, 3.8) is 0 Å². The number of aromatic hydroxyl groups is 1. The van der Waals surface area contributed by atoms with E-state index < -0.39 is 0 Å². The molecule has 0 fully saturated rings. The zero-order valence-electron chi connectivity index (χ0n) is 9.70. The maximum absolute atomic E-state index is 11.9. The summed E-state index contributed by atoms with van der Waals surface area (Å²) in [6, 6.07) is 4.24. The van der Waals surface area contributed by atoms with Crippen molar-refractivity contribution < 1.29 is 9.90 Å². The number of phenolic OH excluding ortho intramolecular Hbond substituents is 1. The normalized spacial score (nSPS) is 10.3. The molecule has 0 unspecified atom stereocenters. The Morgan fingerprint density at radius 3 is 3.00 bits per heavy atom. The van der Waals surface area contributed by atoms with Gasteiger partial charge in [-0.3, -0.25) is 9.89 Å². The van der Waals surface area contributed by atoms with E-state index in [1.54, 1.807) is 6.20 Å². The highest BCUT2D eigenvalue weighted by Gasteiger charge is 2.11. The van der Waals surface area contributed by atoms with Crippen molar-refractivity contribution >= 4 is 17.5 Å². The van der Waals surface area contributed by atoms with Crippen molar-refractivity contribution in [3.8, 4) is 5.75 Å². The number of carbonyl (C=O) groups excluding carboxylic acids is 1. The number of aromatic amines is 1. The van der Waals surface area contributed by atoms with Crippen molar-refractivity contribution in [2.45, 2.75) is 13.5 Å². The molecule has 0 aliphatic rings. The van der Waals surface area contributed by atoms with E-state index in [0.717, 1.165) is 11.3 Å². The monoisotopic (exact) mass is 265 g/mol. The molecule has 18 heavy (non-hydrogen) atoms. The number of nitrogens with one attached hydrogen (secondary N) is 2. The van der Waals surface area contributed by atoms with E-state index >= 15 is 0 Å². The molecule has 2 rings (SSSR count). The topological polar surface area (TPSA) is 78.0 Å². The molecular formula is C12H12ClN3O2. The van der Waals surface area contributed by atoms with Crippen LogP contribution in [0.15, 0.2) is 24.4 Å². The second kappa shape index (κ2) is 5.10. The van der Waals surface area contributed by atoms with Crippen LogP contribution in [0.1, 0.15) is 21.6 Å². The van der Waals surface area contributed by atoms with E-state index in [1.165, 1.54) is 18.2 Å². The number of rotatable bonds is 3. The fraction of sp³-hybridized carbons (Fsp3) is 0.167. The predicted octanol–water partition coefficient (Wildman–Crippen LogP) is 2.01. The number of phenols is 1. The minimum atomic E-state index is -0.337. The van der Waals surface area contributed by atoms with Crippen molar-refractivity contribution in [3.05, 3.63) is 46.2 Å². The number of aryl methyl sites for hydroxylation is 1. The van der Waals surface area contributed by atoms with Crippen LogP contribution >= 0.6 is 11.6 Å². The van der Waals surface area contributed by atoms with Gasteiger partial charge >= 0.3 is 0 Å². The summed E-state index contributed by atoms with van der Waals surface area (Å²) in [6.07, 6.45) is 1.65. The number of H-pyrrole nitrogens is 1. The van der Waals surface area contributed by atoms with Crippen LogP contribution in [0.4, 0.5) is 0 Å². The van der Waals surface area contributed by atoms with Crippen molar-refractivity contribution in [2.24, 2.45) is 0 Å². The number of aromatic nitrogens is 2. The minimum Gasteiger partial charge on any atom is -0.508 e. The van der Waals surface area contributed by atoms with Gasteiger partial charge in [-0.05, 0) is 25.1 Å². The Morgan fingerprint density at radius 1 is 1.56 bits per heavy atom. The van der Waals surface area contributed by atoms with Gasteiger partial charge in [-0.1, -0.05) is 11.6 Å². The first kappa shape index (κ1) is 12.4. The lowest BCUT2D eigenvalue weighted by Gasteiger charge is -2.06. The number of nitrogens with zero attached hydrogens (tertiary/aromatic N) is 1. The number of hydrogen-bond acceptors (Lipinski definition) is 3. The van der Waals surface area contributed by atoms with Gasteiger partial charge < -0.3 is 10.4 Å². The predicted molar refractivity (Wildman–Crippen MR) is 67.6 cm³/mol. The molecule has 1 aromatic carbocycles. The highest BCUT2D eigenvalue weighted by atomic mass is 35.5. The molecule has 94 valence electrons. The summed E-state index contributed by atoms with van der Waals surface area (Å²) in [4.78, 5) is 11.9. The number of carbonyl (C=O) groups is 1. The Kier molecular flexibility index (Phi) is 3.53. The lowest BCUT2D eigenvalue weighted by molar-refractivity contribution is 0.0950. The summed E-state index contributed by atoms with van der Waals surface area (Å²) in [5.41, 5.74) is 2.05. The molecule has 2 aromatic rings. The minimum absolute atomic E-state index is 0.00374. The first-order valence-corrected chi connectivity index (χ1v) is 5.71. The molecule has 1 amide bonds. The third-order valence-corrected chi connectivity index (χ3v) is 2.90. The average Bonchev–Trinajstić information content (AvgIpc) is 2.75. The standard InChI is InChI=1S/C12H12ClN3O2/c1-7-8(6-15-16-7)5-14-12(18)10-4-9(17)2-3-11(10)13/h2-4,6,17H,5H2,1H3,(H,14,18)(H,15,16). The average molecular weight is 266 g/mol. The fourth-order valence-corrected chi connectivity index (χ4v) is 1.72. The van der Waals surface area contributed by atoms with Crippen LogP contribution in [0.25, 0.3) is 0 Å². The number of hydrogen-bond donors (Lipinski definition) is 3. The molecule has 0 saturated carbocycles. The van der Waals surface area contributed by atoms with Gasteiger partial charge in [0.25, 0.3) is 5.91 Å². The fourth-order valence-electron chi connectivity index (χ4n) is 1.51. The van der Waals surface area contributed by atoms with Crippen molar-refractivity contribution in [1.82, 2.24) is 15.5 Å². The Morgan fingerprint density at radius 2 is 2.33 bits per heavy atom. The summed E-state index contributed by atoms with van der Waals surface area (Å²) >= 11 is 5.89. The second-order valence-corrected chi connectivity index (χ2v) is 4.27. The largest absolute Gasteiger partial charge is 0.508 e.